The minimum Gasteiger partial charge on any atom is -0.466 e. The van der Waals surface area contributed by atoms with Gasteiger partial charge in [0, 0.05) is 12.8 Å². The highest BCUT2D eigenvalue weighted by atomic mass is 16.5. The van der Waals surface area contributed by atoms with Crippen LogP contribution in [0.1, 0.15) is 322 Å². The molecular weight excluding hydrogens is 839 g/mol. The number of hydrogen-bond acceptors (Lipinski definition) is 5. The van der Waals surface area contributed by atoms with E-state index < -0.39 is 12.1 Å². The third-order valence-electron chi connectivity index (χ3n) is 13.9. The van der Waals surface area contributed by atoms with Crippen molar-refractivity contribution in [2.24, 2.45) is 0 Å². The Morgan fingerprint density at radius 3 is 1.04 bits per heavy atom. The molecule has 6 heteroatoms. The van der Waals surface area contributed by atoms with Crippen LogP contribution in [-0.2, 0) is 14.3 Å². The summed E-state index contributed by atoms with van der Waals surface area (Å²) in [5.74, 6) is -0.0946. The van der Waals surface area contributed by atoms with Gasteiger partial charge >= 0.3 is 5.97 Å². The normalized spacial score (nSPS) is 12.8. The van der Waals surface area contributed by atoms with Crippen molar-refractivity contribution < 1.29 is 24.5 Å². The van der Waals surface area contributed by atoms with E-state index in [-0.39, 0.29) is 18.5 Å². The maximum atomic E-state index is 12.5. The molecule has 0 heterocycles. The van der Waals surface area contributed by atoms with Gasteiger partial charge in [0.15, 0.2) is 0 Å². The van der Waals surface area contributed by atoms with Crippen LogP contribution in [0, 0.1) is 0 Å². The van der Waals surface area contributed by atoms with Gasteiger partial charge in [0.1, 0.15) is 0 Å². The van der Waals surface area contributed by atoms with Gasteiger partial charge in [-0.2, -0.15) is 0 Å². The first-order valence-electron chi connectivity index (χ1n) is 30.3. The molecule has 0 saturated carbocycles. The van der Waals surface area contributed by atoms with Crippen LogP contribution in [0.5, 0.6) is 0 Å². The SMILES string of the molecule is CCCCCCCCC/C=C\CCCCCCCC(=O)OCCCCCCCCC/C=C\CCCCCCCC(=O)NC(CO)C(O)/C=C/CCCCCCCCCCCCCCCCCCC. The lowest BCUT2D eigenvalue weighted by atomic mass is 10.0. The highest BCUT2D eigenvalue weighted by molar-refractivity contribution is 5.76. The predicted octanol–water partition coefficient (Wildman–Crippen LogP) is 18.8. The summed E-state index contributed by atoms with van der Waals surface area (Å²) in [4.78, 5) is 24.5. The van der Waals surface area contributed by atoms with Gasteiger partial charge in [-0.3, -0.25) is 9.59 Å². The zero-order valence-electron chi connectivity index (χ0n) is 45.6. The van der Waals surface area contributed by atoms with E-state index in [4.69, 9.17) is 4.74 Å². The molecule has 400 valence electrons. The van der Waals surface area contributed by atoms with Crippen LogP contribution in [0.15, 0.2) is 36.5 Å². The fourth-order valence-corrected chi connectivity index (χ4v) is 9.21. The van der Waals surface area contributed by atoms with E-state index in [1.54, 1.807) is 6.08 Å². The van der Waals surface area contributed by atoms with Crippen LogP contribution >= 0.6 is 0 Å². The third-order valence-corrected chi connectivity index (χ3v) is 13.9. The highest BCUT2D eigenvalue weighted by Gasteiger charge is 2.18. The van der Waals surface area contributed by atoms with Crippen molar-refractivity contribution in [2.75, 3.05) is 13.2 Å². The first kappa shape index (κ1) is 66.1. The number of carbonyl (C=O) groups is 2. The molecular formula is C62H117NO5. The van der Waals surface area contributed by atoms with Gasteiger partial charge < -0.3 is 20.3 Å². The van der Waals surface area contributed by atoms with E-state index in [2.05, 4.69) is 43.5 Å². The molecule has 0 aliphatic carbocycles. The van der Waals surface area contributed by atoms with E-state index in [1.165, 1.54) is 231 Å². The Bertz CT molecular complexity index is 1100. The summed E-state index contributed by atoms with van der Waals surface area (Å²) in [5, 5.41) is 23.2. The molecule has 0 fully saturated rings. The highest BCUT2D eigenvalue weighted by Crippen LogP contribution is 2.16. The van der Waals surface area contributed by atoms with E-state index in [0.29, 0.717) is 19.4 Å². The second kappa shape index (κ2) is 57.7. The molecule has 0 aliphatic heterocycles. The molecule has 6 nitrogen and oxygen atoms in total. The van der Waals surface area contributed by atoms with E-state index >= 15 is 0 Å². The predicted molar refractivity (Wildman–Crippen MR) is 296 cm³/mol. The Morgan fingerprint density at radius 2 is 0.691 bits per heavy atom. The lowest BCUT2D eigenvalue weighted by Gasteiger charge is -2.20. The largest absolute Gasteiger partial charge is 0.466 e. The first-order valence-corrected chi connectivity index (χ1v) is 30.3. The molecule has 0 saturated heterocycles. The number of esters is 1. The molecule has 0 aliphatic rings. The minimum atomic E-state index is -0.856. The van der Waals surface area contributed by atoms with Crippen LogP contribution in [0.4, 0.5) is 0 Å². The molecule has 0 aromatic heterocycles. The smallest absolute Gasteiger partial charge is 0.305 e. The summed E-state index contributed by atoms with van der Waals surface area (Å²) in [6.07, 6.45) is 71.7. The van der Waals surface area contributed by atoms with Crippen LogP contribution in [0.3, 0.4) is 0 Å². The summed E-state index contributed by atoms with van der Waals surface area (Å²) in [5.41, 5.74) is 0. The molecule has 3 N–H and O–H groups in total. The fraction of sp³-hybridized carbons (Fsp3) is 0.871. The van der Waals surface area contributed by atoms with Crippen molar-refractivity contribution in [3.63, 3.8) is 0 Å². The van der Waals surface area contributed by atoms with Crippen LogP contribution in [0.25, 0.3) is 0 Å². The molecule has 1 amide bonds. The summed E-state index contributed by atoms with van der Waals surface area (Å²) in [6.45, 7) is 4.89. The molecule has 0 radical (unpaired) electrons. The Labute approximate surface area is 424 Å². The Kier molecular flexibility index (Phi) is 56.0. The van der Waals surface area contributed by atoms with Gasteiger partial charge in [0.25, 0.3) is 0 Å². The number of aliphatic hydroxyl groups is 2. The number of nitrogens with one attached hydrogen (secondary N) is 1. The van der Waals surface area contributed by atoms with Crippen LogP contribution in [-0.4, -0.2) is 47.4 Å². The van der Waals surface area contributed by atoms with Gasteiger partial charge in [0.2, 0.25) is 5.91 Å². The number of aliphatic hydroxyl groups excluding tert-OH is 2. The molecule has 0 aromatic rings. The number of rotatable bonds is 56. The van der Waals surface area contributed by atoms with E-state index in [0.717, 1.165) is 64.2 Å². The van der Waals surface area contributed by atoms with Crippen molar-refractivity contribution in [3.05, 3.63) is 36.5 Å². The number of allylic oxidation sites excluding steroid dienone is 5. The zero-order valence-corrected chi connectivity index (χ0v) is 45.6. The molecule has 0 spiro atoms. The molecule has 0 bridgehead atoms. The lowest BCUT2D eigenvalue weighted by Crippen LogP contribution is -2.45. The van der Waals surface area contributed by atoms with Gasteiger partial charge in [-0.1, -0.05) is 262 Å². The van der Waals surface area contributed by atoms with Crippen LogP contribution in [0.2, 0.25) is 0 Å². The van der Waals surface area contributed by atoms with Crippen LogP contribution < -0.4 is 5.32 Å². The van der Waals surface area contributed by atoms with E-state index in [9.17, 15) is 19.8 Å². The summed E-state index contributed by atoms with van der Waals surface area (Å²) in [7, 11) is 0. The number of carbonyl (C=O) groups excluding carboxylic acids is 2. The van der Waals surface area contributed by atoms with Crippen molar-refractivity contribution in [1.29, 1.82) is 0 Å². The number of hydrogen-bond donors (Lipinski definition) is 3. The van der Waals surface area contributed by atoms with Crippen molar-refractivity contribution >= 4 is 11.9 Å². The summed E-state index contributed by atoms with van der Waals surface area (Å²) in [6, 6.07) is -0.641. The van der Waals surface area contributed by atoms with Gasteiger partial charge in [0.05, 0.1) is 25.4 Å². The Hall–Kier alpha value is -1.92. The lowest BCUT2D eigenvalue weighted by molar-refractivity contribution is -0.143. The first-order chi connectivity index (χ1) is 33.5. The van der Waals surface area contributed by atoms with Crippen molar-refractivity contribution in [2.45, 2.75) is 334 Å². The molecule has 68 heavy (non-hydrogen) atoms. The zero-order chi connectivity index (χ0) is 49.3. The average Bonchev–Trinajstić information content (AvgIpc) is 3.34. The van der Waals surface area contributed by atoms with Gasteiger partial charge in [-0.15, -0.1) is 0 Å². The van der Waals surface area contributed by atoms with Gasteiger partial charge in [-0.05, 0) is 83.5 Å². The monoisotopic (exact) mass is 956 g/mol. The molecule has 2 atom stereocenters. The summed E-state index contributed by atoms with van der Waals surface area (Å²) < 4.78 is 5.47. The average molecular weight is 957 g/mol. The maximum absolute atomic E-state index is 12.5. The van der Waals surface area contributed by atoms with Crippen molar-refractivity contribution in [3.8, 4) is 0 Å². The van der Waals surface area contributed by atoms with Gasteiger partial charge in [-0.25, -0.2) is 0 Å². The molecule has 0 rings (SSSR count). The topological polar surface area (TPSA) is 95.9 Å². The third kappa shape index (κ3) is 53.4. The van der Waals surface area contributed by atoms with E-state index in [1.807, 2.05) is 6.08 Å². The number of amides is 1. The molecule has 0 aromatic carbocycles. The fourth-order valence-electron chi connectivity index (χ4n) is 9.21. The quantitative estimate of drug-likeness (QED) is 0.0321. The number of ether oxygens (including phenoxy) is 1. The second-order valence-electron chi connectivity index (χ2n) is 20.7. The van der Waals surface area contributed by atoms with Crippen molar-refractivity contribution in [1.82, 2.24) is 5.32 Å². The summed E-state index contributed by atoms with van der Waals surface area (Å²) >= 11 is 0. The Morgan fingerprint density at radius 1 is 0.397 bits per heavy atom. The minimum absolute atomic E-state index is 0.0111. The Balaban J connectivity index is 3.50. The standard InChI is InChI=1S/C62H117NO5/c1-3-5-7-9-11-13-15-17-19-21-22-23-26-30-34-38-42-46-50-54-60(65)59(58-64)63-61(66)55-51-47-43-39-35-31-27-24-25-29-33-37-41-45-49-53-57-68-62(67)56-52-48-44-40-36-32-28-20-18-16-14-12-10-8-6-4-2/h20,24,27-28,50,54,59-60,64-65H,3-19,21-23,25-26,29-49,51-53,55-58H2,1-2H3,(H,63,66)/b27-24-,28-20-,54-50+. The maximum Gasteiger partial charge on any atom is 0.305 e. The second-order valence-corrected chi connectivity index (χ2v) is 20.7. The molecule has 2 unspecified atom stereocenters. The number of unbranched alkanes of at least 4 members (excludes halogenated alkanes) is 41.